The zero-order chi connectivity index (χ0) is 12.4. The number of carbonyl (C=O) groups is 1. The maximum atomic E-state index is 11.3. The summed E-state index contributed by atoms with van der Waals surface area (Å²) in [5, 5.41) is 12.7. The highest BCUT2D eigenvalue weighted by Crippen LogP contribution is 2.40. The number of ether oxygens (including phenoxy) is 1. The maximum Gasteiger partial charge on any atom is 0.311 e. The molecule has 2 rings (SSSR count). The maximum absolute atomic E-state index is 11.3. The van der Waals surface area contributed by atoms with Gasteiger partial charge in [0.2, 0.25) is 0 Å². The zero-order valence-electron chi connectivity index (χ0n) is 10.1. The lowest BCUT2D eigenvalue weighted by Gasteiger charge is -2.31. The van der Waals surface area contributed by atoms with Crippen molar-refractivity contribution in [1.29, 1.82) is 0 Å². The van der Waals surface area contributed by atoms with Gasteiger partial charge in [0.25, 0.3) is 0 Å². The molecule has 17 heavy (non-hydrogen) atoms. The van der Waals surface area contributed by atoms with E-state index >= 15 is 0 Å². The van der Waals surface area contributed by atoms with Crippen LogP contribution in [0.5, 0.6) is 5.75 Å². The van der Waals surface area contributed by atoms with Crippen LogP contribution in [0.4, 0.5) is 5.69 Å². The summed E-state index contributed by atoms with van der Waals surface area (Å²) in [6.45, 7) is 2.05. The van der Waals surface area contributed by atoms with E-state index in [0.717, 1.165) is 17.7 Å². The van der Waals surface area contributed by atoms with E-state index in [0.29, 0.717) is 12.2 Å². The average Bonchev–Trinajstić information content (AvgIpc) is 2.36. The number of methoxy groups -OCH3 is 1. The van der Waals surface area contributed by atoms with Gasteiger partial charge in [0.1, 0.15) is 5.75 Å². The lowest BCUT2D eigenvalue weighted by molar-refractivity contribution is -0.139. The van der Waals surface area contributed by atoms with E-state index in [2.05, 4.69) is 12.2 Å². The number of aliphatic carboxylic acids is 1. The minimum absolute atomic E-state index is 0.194. The number of hydrogen-bond donors (Lipinski definition) is 2. The summed E-state index contributed by atoms with van der Waals surface area (Å²) >= 11 is 0. The average molecular weight is 235 g/mol. The van der Waals surface area contributed by atoms with Crippen LogP contribution in [0.15, 0.2) is 18.2 Å². The molecule has 4 nitrogen and oxygen atoms in total. The molecule has 1 heterocycles. The Balaban J connectivity index is 2.47. The van der Waals surface area contributed by atoms with E-state index < -0.39 is 11.9 Å². The van der Waals surface area contributed by atoms with Crippen LogP contribution in [-0.4, -0.2) is 24.2 Å². The molecule has 2 atom stereocenters. The molecule has 0 radical (unpaired) electrons. The van der Waals surface area contributed by atoms with Gasteiger partial charge in [0, 0.05) is 6.04 Å². The van der Waals surface area contributed by atoms with Gasteiger partial charge in [-0.15, -0.1) is 0 Å². The number of carboxylic acid groups (broad SMARTS) is 1. The van der Waals surface area contributed by atoms with Crippen molar-refractivity contribution in [2.75, 3.05) is 12.4 Å². The molecule has 1 aromatic carbocycles. The number of benzene rings is 1. The van der Waals surface area contributed by atoms with Crippen LogP contribution >= 0.6 is 0 Å². The van der Waals surface area contributed by atoms with Gasteiger partial charge in [-0.05, 0) is 24.5 Å². The third kappa shape index (κ3) is 2.07. The first-order chi connectivity index (χ1) is 8.17. The highest BCUT2D eigenvalue weighted by molar-refractivity contribution is 5.82. The zero-order valence-corrected chi connectivity index (χ0v) is 10.1. The van der Waals surface area contributed by atoms with E-state index in [9.17, 15) is 9.90 Å². The molecule has 0 bridgehead atoms. The first-order valence-electron chi connectivity index (χ1n) is 5.83. The molecular formula is C13H17NO3. The molecule has 92 valence electrons. The van der Waals surface area contributed by atoms with Crippen molar-refractivity contribution < 1.29 is 14.6 Å². The number of carboxylic acids is 1. The highest BCUT2D eigenvalue weighted by Gasteiger charge is 2.32. The summed E-state index contributed by atoms with van der Waals surface area (Å²) in [6, 6.07) is 5.74. The van der Waals surface area contributed by atoms with Gasteiger partial charge in [-0.3, -0.25) is 4.79 Å². The number of anilines is 1. The SMILES string of the molecule is CCC1CC(C(=O)O)c2cccc(OC)c2N1. The van der Waals surface area contributed by atoms with Crippen LogP contribution in [0.2, 0.25) is 0 Å². The van der Waals surface area contributed by atoms with Gasteiger partial charge < -0.3 is 15.2 Å². The molecule has 2 unspecified atom stereocenters. The molecule has 1 aromatic rings. The van der Waals surface area contributed by atoms with E-state index in [1.165, 1.54) is 0 Å². The summed E-state index contributed by atoms with van der Waals surface area (Å²) in [6.07, 6.45) is 1.53. The van der Waals surface area contributed by atoms with Crippen LogP contribution in [0, 0.1) is 0 Å². The Labute approximate surface area is 101 Å². The van der Waals surface area contributed by atoms with Crippen LogP contribution in [0.1, 0.15) is 31.2 Å². The molecule has 1 aliphatic heterocycles. The summed E-state index contributed by atoms with van der Waals surface area (Å²) in [7, 11) is 1.60. The van der Waals surface area contributed by atoms with Crippen molar-refractivity contribution in [2.45, 2.75) is 31.7 Å². The first-order valence-corrected chi connectivity index (χ1v) is 5.83. The van der Waals surface area contributed by atoms with E-state index in [1.807, 2.05) is 18.2 Å². The Morgan fingerprint density at radius 3 is 2.94 bits per heavy atom. The van der Waals surface area contributed by atoms with Crippen LogP contribution < -0.4 is 10.1 Å². The molecule has 4 heteroatoms. The monoisotopic (exact) mass is 235 g/mol. The Bertz CT molecular complexity index is 431. The van der Waals surface area contributed by atoms with Crippen LogP contribution in [0.25, 0.3) is 0 Å². The smallest absolute Gasteiger partial charge is 0.311 e. The Morgan fingerprint density at radius 1 is 1.59 bits per heavy atom. The van der Waals surface area contributed by atoms with Crippen molar-refractivity contribution in [3.63, 3.8) is 0 Å². The van der Waals surface area contributed by atoms with E-state index in [-0.39, 0.29) is 6.04 Å². The molecule has 0 saturated heterocycles. The molecule has 2 N–H and O–H groups in total. The second kappa shape index (κ2) is 4.65. The topological polar surface area (TPSA) is 58.6 Å². The molecule has 0 aliphatic carbocycles. The number of para-hydroxylation sites is 1. The third-order valence-corrected chi connectivity index (χ3v) is 3.31. The second-order valence-corrected chi connectivity index (χ2v) is 4.30. The summed E-state index contributed by atoms with van der Waals surface area (Å²) in [5.74, 6) is -0.488. The molecule has 1 aliphatic rings. The summed E-state index contributed by atoms with van der Waals surface area (Å²) < 4.78 is 5.28. The predicted octanol–water partition coefficient (Wildman–Crippen LogP) is 2.46. The standard InChI is InChI=1S/C13H17NO3/c1-3-8-7-10(13(15)16)9-5-4-6-11(17-2)12(9)14-8/h4-6,8,10,14H,3,7H2,1-2H3,(H,15,16). The van der Waals surface area contributed by atoms with Crippen molar-refractivity contribution in [3.05, 3.63) is 23.8 Å². The van der Waals surface area contributed by atoms with Crippen molar-refractivity contribution in [3.8, 4) is 5.75 Å². The van der Waals surface area contributed by atoms with E-state index in [4.69, 9.17) is 4.74 Å². The molecular weight excluding hydrogens is 218 g/mol. The van der Waals surface area contributed by atoms with Gasteiger partial charge in [0.15, 0.2) is 0 Å². The van der Waals surface area contributed by atoms with Gasteiger partial charge in [-0.25, -0.2) is 0 Å². The first kappa shape index (κ1) is 11.8. The normalized spacial score (nSPS) is 22.5. The molecule has 0 saturated carbocycles. The second-order valence-electron chi connectivity index (χ2n) is 4.30. The number of rotatable bonds is 3. The minimum atomic E-state index is -0.764. The number of nitrogens with one attached hydrogen (secondary N) is 1. The Morgan fingerprint density at radius 2 is 2.35 bits per heavy atom. The van der Waals surface area contributed by atoms with E-state index in [1.54, 1.807) is 7.11 Å². The van der Waals surface area contributed by atoms with Crippen molar-refractivity contribution in [1.82, 2.24) is 0 Å². The number of fused-ring (bicyclic) bond motifs is 1. The number of hydrogen-bond acceptors (Lipinski definition) is 3. The van der Waals surface area contributed by atoms with Gasteiger partial charge in [-0.2, -0.15) is 0 Å². The van der Waals surface area contributed by atoms with Crippen molar-refractivity contribution in [2.24, 2.45) is 0 Å². The van der Waals surface area contributed by atoms with Crippen LogP contribution in [0.3, 0.4) is 0 Å². The third-order valence-electron chi connectivity index (χ3n) is 3.31. The van der Waals surface area contributed by atoms with Gasteiger partial charge in [0.05, 0.1) is 18.7 Å². The van der Waals surface area contributed by atoms with Gasteiger partial charge >= 0.3 is 5.97 Å². The van der Waals surface area contributed by atoms with Crippen LogP contribution in [-0.2, 0) is 4.79 Å². The van der Waals surface area contributed by atoms with Crippen molar-refractivity contribution >= 4 is 11.7 Å². The fraction of sp³-hybridized carbons (Fsp3) is 0.462. The predicted molar refractivity (Wildman–Crippen MR) is 65.7 cm³/mol. The fourth-order valence-corrected chi connectivity index (χ4v) is 2.34. The molecule has 0 spiro atoms. The lowest BCUT2D eigenvalue weighted by Crippen LogP contribution is -2.31. The Hall–Kier alpha value is -1.71. The van der Waals surface area contributed by atoms with Gasteiger partial charge in [-0.1, -0.05) is 19.1 Å². The molecule has 0 amide bonds. The lowest BCUT2D eigenvalue weighted by atomic mass is 9.86. The minimum Gasteiger partial charge on any atom is -0.495 e. The largest absolute Gasteiger partial charge is 0.495 e. The quantitative estimate of drug-likeness (QED) is 0.845. The summed E-state index contributed by atoms with van der Waals surface area (Å²) in [4.78, 5) is 11.3. The summed E-state index contributed by atoms with van der Waals surface area (Å²) in [5.41, 5.74) is 1.65. The molecule has 0 aromatic heterocycles. The highest BCUT2D eigenvalue weighted by atomic mass is 16.5. The fourth-order valence-electron chi connectivity index (χ4n) is 2.34. The Kier molecular flexibility index (Phi) is 3.22. The molecule has 0 fully saturated rings.